The number of carbonyl (C=O) groups is 2. The molecule has 3 rings (SSSR count). The molecule has 0 bridgehead atoms. The third-order valence-corrected chi connectivity index (χ3v) is 5.55. The van der Waals surface area contributed by atoms with Gasteiger partial charge in [0.15, 0.2) is 23.0 Å². The molecule has 1 unspecified atom stereocenters. The number of nitrogens with one attached hydrogen (secondary N) is 2. The highest BCUT2D eigenvalue weighted by atomic mass is 79.9. The Labute approximate surface area is 206 Å². The van der Waals surface area contributed by atoms with Crippen molar-refractivity contribution in [2.75, 3.05) is 20.5 Å². The number of hydrazone groups is 1. The van der Waals surface area contributed by atoms with Gasteiger partial charge in [-0.05, 0) is 64.2 Å². The van der Waals surface area contributed by atoms with Gasteiger partial charge in [0.25, 0.3) is 11.8 Å². The Morgan fingerprint density at radius 2 is 1.97 bits per heavy atom. The maximum atomic E-state index is 12.8. The topological polar surface area (TPSA) is 107 Å². The molecular weight excluding hydrogens is 506 g/mol. The van der Waals surface area contributed by atoms with Crippen LogP contribution in [0.5, 0.6) is 23.0 Å². The maximum Gasteiger partial charge on any atom is 0.262 e. The first kappa shape index (κ1) is 25.4. The molecular formula is C24H28BrN3O6. The quantitative estimate of drug-likeness (QED) is 0.354. The van der Waals surface area contributed by atoms with Gasteiger partial charge in [-0.2, -0.15) is 5.10 Å². The number of benzene rings is 2. The monoisotopic (exact) mass is 533 g/mol. The number of carbonyl (C=O) groups excluding carboxylic acids is 2. The van der Waals surface area contributed by atoms with Crippen molar-refractivity contribution in [2.45, 2.75) is 33.2 Å². The Bertz CT molecular complexity index is 1070. The minimum atomic E-state index is -0.791. The number of halogens is 1. The summed E-state index contributed by atoms with van der Waals surface area (Å²) >= 11 is 3.48. The molecule has 2 amide bonds. The van der Waals surface area contributed by atoms with Crippen molar-refractivity contribution in [3.63, 3.8) is 0 Å². The van der Waals surface area contributed by atoms with Crippen molar-refractivity contribution < 1.29 is 28.5 Å². The summed E-state index contributed by atoms with van der Waals surface area (Å²) in [6.07, 6.45) is 2.36. The molecule has 1 heterocycles. The van der Waals surface area contributed by atoms with Crippen LogP contribution in [0.25, 0.3) is 0 Å². The van der Waals surface area contributed by atoms with Gasteiger partial charge in [-0.1, -0.05) is 20.8 Å². The van der Waals surface area contributed by atoms with Crippen molar-refractivity contribution >= 4 is 34.0 Å². The summed E-state index contributed by atoms with van der Waals surface area (Å²) < 4.78 is 22.4. The minimum absolute atomic E-state index is 0.117. The van der Waals surface area contributed by atoms with Gasteiger partial charge in [0, 0.05) is 5.56 Å². The molecule has 2 aromatic carbocycles. The van der Waals surface area contributed by atoms with Crippen LogP contribution in [0.15, 0.2) is 39.9 Å². The van der Waals surface area contributed by atoms with Crippen LogP contribution in [0.2, 0.25) is 0 Å². The number of methoxy groups -OCH3 is 1. The molecule has 1 aliphatic heterocycles. The molecule has 0 radical (unpaired) electrons. The fourth-order valence-corrected chi connectivity index (χ4v) is 3.77. The molecule has 182 valence electrons. The summed E-state index contributed by atoms with van der Waals surface area (Å²) in [6, 6.07) is 7.65. The molecule has 1 atom stereocenters. The summed E-state index contributed by atoms with van der Waals surface area (Å²) in [5.74, 6) is 1.23. The Balaban J connectivity index is 1.65. The Morgan fingerprint density at radius 3 is 2.68 bits per heavy atom. The number of amides is 2. The molecule has 2 N–H and O–H groups in total. The van der Waals surface area contributed by atoms with E-state index in [0.717, 1.165) is 6.42 Å². The van der Waals surface area contributed by atoms with E-state index in [9.17, 15) is 9.59 Å². The first-order valence-corrected chi connectivity index (χ1v) is 11.7. The SMILES string of the molecule is CCCOc1c(Br)cc(/C=N/NC(=O)C(NC(=O)c2ccc3c(c2)OCO3)C(C)C)cc1OC. The normalized spacial score (nSPS) is 13.1. The number of hydrogen-bond acceptors (Lipinski definition) is 7. The maximum absolute atomic E-state index is 12.8. The van der Waals surface area contributed by atoms with E-state index in [4.69, 9.17) is 18.9 Å². The van der Waals surface area contributed by atoms with E-state index in [2.05, 4.69) is 31.8 Å². The molecule has 2 aromatic rings. The molecule has 34 heavy (non-hydrogen) atoms. The van der Waals surface area contributed by atoms with Crippen molar-refractivity contribution in [3.8, 4) is 23.0 Å². The average molecular weight is 534 g/mol. The molecule has 10 heteroatoms. The van der Waals surface area contributed by atoms with E-state index in [1.165, 1.54) is 6.21 Å². The highest BCUT2D eigenvalue weighted by Crippen LogP contribution is 2.36. The zero-order valence-electron chi connectivity index (χ0n) is 19.5. The standard InChI is InChI=1S/C24H28BrN3O6/c1-5-8-32-22-17(25)9-15(10-20(22)31-4)12-26-28-24(30)21(14(2)3)27-23(29)16-6-7-18-19(11-16)34-13-33-18/h6-7,9-12,14,21H,5,8,13H2,1-4H3,(H,27,29)(H,28,30)/b26-12+. The summed E-state index contributed by atoms with van der Waals surface area (Å²) in [6.45, 7) is 6.38. The summed E-state index contributed by atoms with van der Waals surface area (Å²) in [7, 11) is 1.55. The van der Waals surface area contributed by atoms with Crippen molar-refractivity contribution in [3.05, 3.63) is 45.9 Å². The predicted octanol–water partition coefficient (Wildman–Crippen LogP) is 3.88. The Hall–Kier alpha value is -3.27. The second-order valence-electron chi connectivity index (χ2n) is 7.88. The number of ether oxygens (including phenoxy) is 4. The molecule has 9 nitrogen and oxygen atoms in total. The van der Waals surface area contributed by atoms with Gasteiger partial charge in [-0.25, -0.2) is 5.43 Å². The van der Waals surface area contributed by atoms with Crippen LogP contribution in [0, 0.1) is 5.92 Å². The lowest BCUT2D eigenvalue weighted by Crippen LogP contribution is -2.48. The summed E-state index contributed by atoms with van der Waals surface area (Å²) in [4.78, 5) is 25.5. The molecule has 0 aliphatic carbocycles. The fraction of sp³-hybridized carbons (Fsp3) is 0.375. The predicted molar refractivity (Wildman–Crippen MR) is 131 cm³/mol. The molecule has 0 aromatic heterocycles. The van der Waals surface area contributed by atoms with Gasteiger partial charge in [0.1, 0.15) is 6.04 Å². The zero-order valence-corrected chi connectivity index (χ0v) is 21.1. The highest BCUT2D eigenvalue weighted by molar-refractivity contribution is 9.10. The van der Waals surface area contributed by atoms with Gasteiger partial charge in [0.2, 0.25) is 6.79 Å². The van der Waals surface area contributed by atoms with E-state index in [1.807, 2.05) is 26.8 Å². The van der Waals surface area contributed by atoms with Gasteiger partial charge >= 0.3 is 0 Å². The number of nitrogens with zero attached hydrogens (tertiary/aromatic N) is 1. The smallest absolute Gasteiger partial charge is 0.262 e. The van der Waals surface area contributed by atoms with E-state index < -0.39 is 17.9 Å². The van der Waals surface area contributed by atoms with E-state index in [1.54, 1.807) is 31.4 Å². The zero-order chi connectivity index (χ0) is 24.7. The van der Waals surface area contributed by atoms with E-state index in [0.29, 0.717) is 45.2 Å². The lowest BCUT2D eigenvalue weighted by atomic mass is 10.0. The second-order valence-corrected chi connectivity index (χ2v) is 8.73. The van der Waals surface area contributed by atoms with Crippen LogP contribution < -0.4 is 29.7 Å². The number of hydrogen-bond donors (Lipinski definition) is 2. The van der Waals surface area contributed by atoms with Gasteiger partial charge in [-0.3, -0.25) is 9.59 Å². The van der Waals surface area contributed by atoms with E-state index >= 15 is 0 Å². The van der Waals surface area contributed by atoms with Crippen LogP contribution in [0.1, 0.15) is 43.1 Å². The minimum Gasteiger partial charge on any atom is -0.493 e. The van der Waals surface area contributed by atoms with Gasteiger partial charge in [0.05, 0.1) is 24.4 Å². The van der Waals surface area contributed by atoms with Crippen molar-refractivity contribution in [2.24, 2.45) is 11.0 Å². The Morgan fingerprint density at radius 1 is 1.21 bits per heavy atom. The third kappa shape index (κ3) is 6.19. The summed E-state index contributed by atoms with van der Waals surface area (Å²) in [5, 5.41) is 6.81. The van der Waals surface area contributed by atoms with Crippen LogP contribution in [0.4, 0.5) is 0 Å². The Kier molecular flexibility index (Phi) is 8.75. The lowest BCUT2D eigenvalue weighted by Gasteiger charge is -2.20. The largest absolute Gasteiger partial charge is 0.493 e. The number of fused-ring (bicyclic) bond motifs is 1. The highest BCUT2D eigenvalue weighted by Gasteiger charge is 2.25. The van der Waals surface area contributed by atoms with Crippen LogP contribution >= 0.6 is 15.9 Å². The van der Waals surface area contributed by atoms with Gasteiger partial charge < -0.3 is 24.3 Å². The fourth-order valence-electron chi connectivity index (χ4n) is 3.20. The summed E-state index contributed by atoms with van der Waals surface area (Å²) in [5.41, 5.74) is 3.56. The second kappa shape index (κ2) is 11.7. The average Bonchev–Trinajstić information content (AvgIpc) is 3.29. The van der Waals surface area contributed by atoms with Crippen LogP contribution in [-0.2, 0) is 4.79 Å². The van der Waals surface area contributed by atoms with Crippen LogP contribution in [-0.4, -0.2) is 44.6 Å². The third-order valence-electron chi connectivity index (χ3n) is 4.96. The first-order chi connectivity index (χ1) is 16.3. The molecule has 1 aliphatic rings. The van der Waals surface area contributed by atoms with Crippen molar-refractivity contribution in [1.29, 1.82) is 0 Å². The van der Waals surface area contributed by atoms with Crippen molar-refractivity contribution in [1.82, 2.24) is 10.7 Å². The number of rotatable bonds is 10. The molecule has 0 saturated heterocycles. The molecule has 0 fully saturated rings. The van der Waals surface area contributed by atoms with Gasteiger partial charge in [-0.15, -0.1) is 0 Å². The van der Waals surface area contributed by atoms with E-state index in [-0.39, 0.29) is 12.7 Å². The van der Waals surface area contributed by atoms with Crippen LogP contribution in [0.3, 0.4) is 0 Å². The molecule has 0 saturated carbocycles. The molecule has 0 spiro atoms. The lowest BCUT2D eigenvalue weighted by molar-refractivity contribution is -0.123. The first-order valence-electron chi connectivity index (χ1n) is 10.9.